The number of carbonyl (C=O) groups is 1. The minimum atomic E-state index is -3.82. The number of carboxylic acid groups (broad SMARTS) is 1. The Labute approximate surface area is 198 Å². The predicted molar refractivity (Wildman–Crippen MR) is 131 cm³/mol. The number of aromatic nitrogens is 1. The molecule has 0 spiro atoms. The summed E-state index contributed by atoms with van der Waals surface area (Å²) in [5, 5.41) is 10.5. The standard InChI is InChI=1S/C26H23NO4S2/c1-17-3-6-19(7-4-17)8-9-22-10-12-25(32-22)33(30,31)16-21(26(28)29)14-20-15-27-24-11-5-18(2)13-23(20)24/h3-7,10-13,15,21,27H,14,16H2,1-2H3,(H,28,29)/t21-/m1/s1/i11D. The van der Waals surface area contributed by atoms with Gasteiger partial charge in [-0.15, -0.1) is 11.3 Å². The van der Waals surface area contributed by atoms with Crippen molar-refractivity contribution in [1.29, 1.82) is 0 Å². The molecular formula is C26H23NO4S2. The molecule has 0 saturated carbocycles. The molecule has 0 saturated heterocycles. The molecule has 5 nitrogen and oxygen atoms in total. The van der Waals surface area contributed by atoms with E-state index in [4.69, 9.17) is 1.37 Å². The summed E-state index contributed by atoms with van der Waals surface area (Å²) in [6.07, 6.45) is 1.71. The highest BCUT2D eigenvalue weighted by Gasteiger charge is 2.28. The molecule has 2 N–H and O–H groups in total. The van der Waals surface area contributed by atoms with Crippen LogP contribution in [0.2, 0.25) is 0 Å². The van der Waals surface area contributed by atoms with Crippen molar-refractivity contribution in [2.75, 3.05) is 5.75 Å². The largest absolute Gasteiger partial charge is 0.481 e. The van der Waals surface area contributed by atoms with Crippen LogP contribution in [0.15, 0.2) is 65.0 Å². The van der Waals surface area contributed by atoms with E-state index < -0.39 is 27.5 Å². The summed E-state index contributed by atoms with van der Waals surface area (Å²) in [6, 6.07) is 14.8. The fraction of sp³-hybridized carbons (Fsp3) is 0.192. The Hall–Kier alpha value is -3.34. The van der Waals surface area contributed by atoms with Crippen LogP contribution in [0.5, 0.6) is 0 Å². The van der Waals surface area contributed by atoms with Gasteiger partial charge < -0.3 is 10.1 Å². The lowest BCUT2D eigenvalue weighted by Gasteiger charge is -2.12. The van der Waals surface area contributed by atoms with Crippen LogP contribution >= 0.6 is 11.3 Å². The number of thiophene rings is 1. The summed E-state index contributed by atoms with van der Waals surface area (Å²) in [5.41, 5.74) is 4.15. The second kappa shape index (κ2) is 9.26. The number of carboxylic acids is 1. The summed E-state index contributed by atoms with van der Waals surface area (Å²) < 4.78 is 34.3. The van der Waals surface area contributed by atoms with Crippen LogP contribution in [-0.4, -0.2) is 30.2 Å². The summed E-state index contributed by atoms with van der Waals surface area (Å²) in [7, 11) is -3.82. The summed E-state index contributed by atoms with van der Waals surface area (Å²) in [5.74, 6) is 3.19. The van der Waals surface area contributed by atoms with Crippen LogP contribution in [-0.2, 0) is 21.1 Å². The van der Waals surface area contributed by atoms with Gasteiger partial charge in [0, 0.05) is 22.7 Å². The third-order valence-corrected chi connectivity index (χ3v) is 8.73. The average molecular weight is 479 g/mol. The Kier molecular flexibility index (Phi) is 6.03. The lowest BCUT2D eigenvalue weighted by Crippen LogP contribution is -2.25. The van der Waals surface area contributed by atoms with Gasteiger partial charge in [0.15, 0.2) is 9.84 Å². The van der Waals surface area contributed by atoms with Crippen molar-refractivity contribution < 1.29 is 19.7 Å². The van der Waals surface area contributed by atoms with Gasteiger partial charge in [0.05, 0.1) is 17.9 Å². The van der Waals surface area contributed by atoms with E-state index in [1.54, 1.807) is 18.3 Å². The Morgan fingerprint density at radius 2 is 1.88 bits per heavy atom. The highest BCUT2D eigenvalue weighted by Crippen LogP contribution is 2.27. The van der Waals surface area contributed by atoms with E-state index in [1.165, 1.54) is 6.07 Å². The van der Waals surface area contributed by atoms with Crippen molar-refractivity contribution >= 4 is 38.0 Å². The molecule has 2 heterocycles. The third-order valence-electron chi connectivity index (χ3n) is 5.33. The summed E-state index contributed by atoms with van der Waals surface area (Å²) in [4.78, 5) is 15.6. The van der Waals surface area contributed by atoms with Gasteiger partial charge in [-0.2, -0.15) is 0 Å². The van der Waals surface area contributed by atoms with Crippen molar-refractivity contribution in [3.63, 3.8) is 0 Å². The van der Waals surface area contributed by atoms with Crippen LogP contribution in [0.25, 0.3) is 10.9 Å². The number of fused-ring (bicyclic) bond motifs is 1. The molecule has 2 aromatic carbocycles. The zero-order valence-electron chi connectivity index (χ0n) is 19.2. The molecule has 0 fully saturated rings. The number of nitrogens with one attached hydrogen (secondary N) is 1. The van der Waals surface area contributed by atoms with Crippen molar-refractivity contribution in [3.8, 4) is 11.8 Å². The van der Waals surface area contributed by atoms with Gasteiger partial charge in [-0.1, -0.05) is 41.2 Å². The Bertz CT molecular complexity index is 1540. The van der Waals surface area contributed by atoms with Crippen LogP contribution in [0.4, 0.5) is 0 Å². The summed E-state index contributed by atoms with van der Waals surface area (Å²) >= 11 is 1.04. The van der Waals surface area contributed by atoms with Crippen molar-refractivity contribution in [1.82, 2.24) is 4.98 Å². The Morgan fingerprint density at radius 1 is 1.12 bits per heavy atom. The maximum absolute atomic E-state index is 13.0. The maximum Gasteiger partial charge on any atom is 0.307 e. The Balaban J connectivity index is 1.54. The fourth-order valence-electron chi connectivity index (χ4n) is 3.54. The quantitative estimate of drug-likeness (QED) is 0.383. The van der Waals surface area contributed by atoms with E-state index in [0.29, 0.717) is 22.0 Å². The normalized spacial score (nSPS) is 12.7. The van der Waals surface area contributed by atoms with Crippen molar-refractivity contribution in [3.05, 3.63) is 87.9 Å². The number of hydrogen-bond donors (Lipinski definition) is 2. The minimum Gasteiger partial charge on any atom is -0.481 e. The van der Waals surface area contributed by atoms with Gasteiger partial charge in [0.1, 0.15) is 4.21 Å². The van der Waals surface area contributed by atoms with Crippen LogP contribution < -0.4 is 0 Å². The molecule has 0 aliphatic rings. The molecule has 0 aliphatic heterocycles. The number of H-pyrrole nitrogens is 1. The lowest BCUT2D eigenvalue weighted by atomic mass is 10.00. The number of hydrogen-bond acceptors (Lipinski definition) is 4. The number of rotatable bonds is 6. The van der Waals surface area contributed by atoms with Gasteiger partial charge in [0.2, 0.25) is 0 Å². The topological polar surface area (TPSA) is 87.2 Å². The van der Waals surface area contributed by atoms with Gasteiger partial charge in [-0.25, -0.2) is 8.42 Å². The number of sulfone groups is 1. The van der Waals surface area contributed by atoms with Crippen LogP contribution in [0.3, 0.4) is 0 Å². The molecule has 4 aromatic rings. The van der Waals surface area contributed by atoms with E-state index in [2.05, 4.69) is 16.8 Å². The van der Waals surface area contributed by atoms with E-state index in [1.807, 2.05) is 44.2 Å². The van der Waals surface area contributed by atoms with E-state index in [0.717, 1.165) is 33.4 Å². The van der Waals surface area contributed by atoms with Crippen LogP contribution in [0, 0.1) is 31.6 Å². The predicted octanol–water partition coefficient (Wildman–Crippen LogP) is 4.96. The number of aliphatic carboxylic acids is 1. The maximum atomic E-state index is 13.0. The molecule has 0 amide bonds. The molecule has 4 rings (SSSR count). The molecule has 168 valence electrons. The first kappa shape index (κ1) is 21.5. The summed E-state index contributed by atoms with van der Waals surface area (Å²) in [6.45, 7) is 3.85. The fourth-order valence-corrected chi connectivity index (χ4v) is 6.34. The first-order valence-corrected chi connectivity index (χ1v) is 12.8. The first-order chi connectivity index (χ1) is 16.1. The van der Waals surface area contributed by atoms with E-state index >= 15 is 0 Å². The van der Waals surface area contributed by atoms with Gasteiger partial charge in [0.25, 0.3) is 0 Å². The molecular weight excluding hydrogens is 454 g/mol. The smallest absolute Gasteiger partial charge is 0.307 e. The molecule has 1 atom stereocenters. The lowest BCUT2D eigenvalue weighted by molar-refractivity contribution is -0.140. The monoisotopic (exact) mass is 478 g/mol. The SMILES string of the molecule is [2H]c1cc(C)cc2c(C[C@H](CS(=O)(=O)c3ccc(C#Cc4ccc(C)cc4)s3)C(=O)O)c[nH]c12. The minimum absolute atomic E-state index is 0.0446. The third kappa shape index (κ3) is 5.36. The Morgan fingerprint density at radius 3 is 2.61 bits per heavy atom. The van der Waals surface area contributed by atoms with E-state index in [-0.39, 0.29) is 10.6 Å². The molecule has 0 radical (unpaired) electrons. The number of benzene rings is 2. The van der Waals surface area contributed by atoms with Gasteiger partial charge in [-0.05, 0) is 62.2 Å². The molecule has 2 aromatic heterocycles. The number of aryl methyl sites for hydroxylation is 2. The first-order valence-electron chi connectivity index (χ1n) is 10.8. The molecule has 0 aliphatic carbocycles. The number of aromatic amines is 1. The molecule has 0 unspecified atom stereocenters. The van der Waals surface area contributed by atoms with Gasteiger partial charge in [-0.3, -0.25) is 4.79 Å². The molecule has 33 heavy (non-hydrogen) atoms. The molecule has 7 heteroatoms. The average Bonchev–Trinajstić information content (AvgIpc) is 3.41. The van der Waals surface area contributed by atoms with Crippen molar-refractivity contribution in [2.45, 2.75) is 24.5 Å². The highest BCUT2D eigenvalue weighted by atomic mass is 32.2. The second-order valence-corrected chi connectivity index (χ2v) is 11.4. The van der Waals surface area contributed by atoms with Crippen LogP contribution in [0.1, 0.15) is 28.5 Å². The highest BCUT2D eigenvalue weighted by molar-refractivity contribution is 7.93. The molecule has 0 bridgehead atoms. The second-order valence-electron chi connectivity index (χ2n) is 8.04. The zero-order chi connectivity index (χ0) is 24.5. The van der Waals surface area contributed by atoms with Gasteiger partial charge >= 0.3 is 5.97 Å². The zero-order valence-corrected chi connectivity index (χ0v) is 19.8. The van der Waals surface area contributed by atoms with Crippen molar-refractivity contribution in [2.24, 2.45) is 5.92 Å². The van der Waals surface area contributed by atoms with E-state index in [9.17, 15) is 18.3 Å².